The van der Waals surface area contributed by atoms with Crippen molar-refractivity contribution >= 4 is 11.8 Å². The first-order valence-corrected chi connectivity index (χ1v) is 8.32. The molecule has 6 heteroatoms. The fourth-order valence-corrected chi connectivity index (χ4v) is 2.30. The Hall–Kier alpha value is -2.76. The van der Waals surface area contributed by atoms with Crippen molar-refractivity contribution < 1.29 is 4.74 Å². The molecule has 0 unspecified atom stereocenters. The third kappa shape index (κ3) is 5.99. The van der Waals surface area contributed by atoms with E-state index in [0.717, 1.165) is 29.6 Å². The van der Waals surface area contributed by atoms with Crippen LogP contribution in [0.2, 0.25) is 0 Å². The van der Waals surface area contributed by atoms with Gasteiger partial charge in [0.2, 0.25) is 0 Å². The lowest BCUT2D eigenvalue weighted by Gasteiger charge is -2.22. The normalized spacial score (nSPS) is 11.1. The predicted octanol–water partition coefficient (Wildman–Crippen LogP) is 2.23. The smallest absolute Gasteiger partial charge is 0.193 e. The van der Waals surface area contributed by atoms with Gasteiger partial charge in [-0.05, 0) is 29.8 Å². The minimum absolute atomic E-state index is 0.598. The van der Waals surface area contributed by atoms with Crippen LogP contribution in [0.25, 0.3) is 0 Å². The number of para-hydroxylation sites is 1. The number of rotatable bonds is 7. The van der Waals surface area contributed by atoms with Gasteiger partial charge in [0.15, 0.2) is 5.96 Å². The van der Waals surface area contributed by atoms with Crippen molar-refractivity contribution in [2.24, 2.45) is 4.99 Å². The molecular formula is C19H27N5O. The standard InChI is InChI=1S/C19H27N5O/c1-20-19(22-15-16-10-11-21-18(14-16)23(2)3)24(4)12-13-25-17-8-6-5-7-9-17/h5-11,14H,12-13,15H2,1-4H3,(H,20,22). The summed E-state index contributed by atoms with van der Waals surface area (Å²) in [6.07, 6.45) is 1.83. The SMILES string of the molecule is CN=C(NCc1ccnc(N(C)C)c1)N(C)CCOc1ccccc1. The van der Waals surface area contributed by atoms with Gasteiger partial charge >= 0.3 is 0 Å². The Morgan fingerprint density at radius 2 is 1.92 bits per heavy atom. The van der Waals surface area contributed by atoms with E-state index in [1.807, 2.05) is 68.6 Å². The number of aliphatic imine (C=N–C) groups is 1. The van der Waals surface area contributed by atoms with Crippen LogP contribution in [0, 0.1) is 0 Å². The summed E-state index contributed by atoms with van der Waals surface area (Å²) in [6.45, 7) is 2.04. The lowest BCUT2D eigenvalue weighted by molar-refractivity contribution is 0.281. The topological polar surface area (TPSA) is 53.0 Å². The van der Waals surface area contributed by atoms with Gasteiger partial charge in [-0.3, -0.25) is 4.99 Å². The number of hydrogen-bond acceptors (Lipinski definition) is 4. The van der Waals surface area contributed by atoms with Crippen molar-refractivity contribution in [3.05, 3.63) is 54.2 Å². The van der Waals surface area contributed by atoms with Crippen LogP contribution in [0.5, 0.6) is 5.75 Å². The Morgan fingerprint density at radius 3 is 2.60 bits per heavy atom. The zero-order chi connectivity index (χ0) is 18.1. The number of pyridine rings is 1. The van der Waals surface area contributed by atoms with E-state index in [-0.39, 0.29) is 0 Å². The molecular weight excluding hydrogens is 314 g/mol. The van der Waals surface area contributed by atoms with E-state index in [1.54, 1.807) is 7.05 Å². The quantitative estimate of drug-likeness (QED) is 0.618. The van der Waals surface area contributed by atoms with Crippen LogP contribution in [0.1, 0.15) is 5.56 Å². The van der Waals surface area contributed by atoms with E-state index in [0.29, 0.717) is 13.2 Å². The van der Waals surface area contributed by atoms with E-state index in [4.69, 9.17) is 4.74 Å². The third-order valence-corrected chi connectivity index (χ3v) is 3.73. The number of nitrogens with one attached hydrogen (secondary N) is 1. The number of ether oxygens (including phenoxy) is 1. The van der Waals surface area contributed by atoms with Crippen molar-refractivity contribution in [1.29, 1.82) is 0 Å². The largest absolute Gasteiger partial charge is 0.492 e. The number of guanidine groups is 1. The summed E-state index contributed by atoms with van der Waals surface area (Å²) < 4.78 is 5.74. The van der Waals surface area contributed by atoms with Gasteiger partial charge in [0.25, 0.3) is 0 Å². The maximum atomic E-state index is 5.74. The second-order valence-corrected chi connectivity index (χ2v) is 5.90. The number of aromatic nitrogens is 1. The molecule has 0 saturated carbocycles. The Kier molecular flexibility index (Phi) is 7.07. The Labute approximate surface area is 150 Å². The van der Waals surface area contributed by atoms with Gasteiger partial charge in [-0.1, -0.05) is 18.2 Å². The highest BCUT2D eigenvalue weighted by Crippen LogP contribution is 2.10. The van der Waals surface area contributed by atoms with Crippen LogP contribution >= 0.6 is 0 Å². The molecule has 134 valence electrons. The molecule has 0 radical (unpaired) electrons. The van der Waals surface area contributed by atoms with E-state index >= 15 is 0 Å². The molecule has 0 aliphatic carbocycles. The molecule has 0 saturated heterocycles. The molecule has 1 N–H and O–H groups in total. The number of hydrogen-bond donors (Lipinski definition) is 1. The first-order chi connectivity index (χ1) is 12.1. The van der Waals surface area contributed by atoms with Crippen LogP contribution in [0.15, 0.2) is 53.7 Å². The van der Waals surface area contributed by atoms with Gasteiger partial charge in [0.1, 0.15) is 18.2 Å². The van der Waals surface area contributed by atoms with Crippen molar-refractivity contribution in [3.8, 4) is 5.75 Å². The van der Waals surface area contributed by atoms with E-state index in [1.165, 1.54) is 0 Å². The lowest BCUT2D eigenvalue weighted by atomic mass is 10.2. The van der Waals surface area contributed by atoms with Gasteiger partial charge in [-0.25, -0.2) is 4.98 Å². The summed E-state index contributed by atoms with van der Waals surface area (Å²) >= 11 is 0. The highest BCUT2D eigenvalue weighted by Gasteiger charge is 2.07. The fourth-order valence-electron chi connectivity index (χ4n) is 2.30. The van der Waals surface area contributed by atoms with Crippen molar-refractivity contribution in [2.45, 2.75) is 6.54 Å². The van der Waals surface area contributed by atoms with Gasteiger partial charge in [-0.2, -0.15) is 0 Å². The van der Waals surface area contributed by atoms with Crippen LogP contribution < -0.4 is 15.0 Å². The van der Waals surface area contributed by atoms with E-state index < -0.39 is 0 Å². The van der Waals surface area contributed by atoms with E-state index in [9.17, 15) is 0 Å². The molecule has 0 aliphatic heterocycles. The van der Waals surface area contributed by atoms with Crippen LogP contribution in [-0.2, 0) is 6.54 Å². The summed E-state index contributed by atoms with van der Waals surface area (Å²) in [5.41, 5.74) is 1.16. The molecule has 0 spiro atoms. The average molecular weight is 341 g/mol. The minimum Gasteiger partial charge on any atom is -0.492 e. The fraction of sp³-hybridized carbons (Fsp3) is 0.368. The predicted molar refractivity (Wildman–Crippen MR) is 103 cm³/mol. The number of benzene rings is 1. The first kappa shape index (κ1) is 18.6. The number of nitrogens with zero attached hydrogens (tertiary/aromatic N) is 4. The minimum atomic E-state index is 0.598. The molecule has 1 aromatic heterocycles. The lowest BCUT2D eigenvalue weighted by Crippen LogP contribution is -2.40. The molecule has 2 aromatic rings. The molecule has 1 aromatic carbocycles. The summed E-state index contributed by atoms with van der Waals surface area (Å²) in [7, 11) is 7.76. The summed E-state index contributed by atoms with van der Waals surface area (Å²) in [4.78, 5) is 12.7. The second kappa shape index (κ2) is 9.52. The van der Waals surface area contributed by atoms with Crippen LogP contribution in [0.4, 0.5) is 5.82 Å². The molecule has 0 bridgehead atoms. The molecule has 6 nitrogen and oxygen atoms in total. The van der Waals surface area contributed by atoms with Crippen molar-refractivity contribution in [3.63, 3.8) is 0 Å². The maximum absolute atomic E-state index is 5.74. The number of anilines is 1. The monoisotopic (exact) mass is 341 g/mol. The second-order valence-electron chi connectivity index (χ2n) is 5.90. The van der Waals surface area contributed by atoms with Gasteiger partial charge in [0.05, 0.1) is 6.54 Å². The molecule has 0 aliphatic rings. The third-order valence-electron chi connectivity index (χ3n) is 3.73. The highest BCUT2D eigenvalue weighted by molar-refractivity contribution is 5.79. The van der Waals surface area contributed by atoms with Crippen molar-refractivity contribution in [1.82, 2.24) is 15.2 Å². The summed E-state index contributed by atoms with van der Waals surface area (Å²) in [5, 5.41) is 3.37. The zero-order valence-electron chi connectivity index (χ0n) is 15.4. The zero-order valence-corrected chi connectivity index (χ0v) is 15.4. The summed E-state index contributed by atoms with van der Waals surface area (Å²) in [6, 6.07) is 13.9. The molecule has 25 heavy (non-hydrogen) atoms. The Balaban J connectivity index is 1.82. The van der Waals surface area contributed by atoms with E-state index in [2.05, 4.69) is 26.3 Å². The maximum Gasteiger partial charge on any atom is 0.193 e. The van der Waals surface area contributed by atoms with Crippen LogP contribution in [0.3, 0.4) is 0 Å². The molecule has 0 fully saturated rings. The van der Waals surface area contributed by atoms with Gasteiger partial charge < -0.3 is 19.9 Å². The summed E-state index contributed by atoms with van der Waals surface area (Å²) in [5.74, 6) is 2.66. The molecule has 1 heterocycles. The molecule has 0 amide bonds. The number of likely N-dealkylation sites (N-methyl/N-ethyl adjacent to an activating group) is 1. The van der Waals surface area contributed by atoms with Crippen molar-refractivity contribution in [2.75, 3.05) is 46.2 Å². The average Bonchev–Trinajstić information content (AvgIpc) is 2.63. The highest BCUT2D eigenvalue weighted by atomic mass is 16.5. The Bertz CT molecular complexity index is 673. The van der Waals surface area contributed by atoms with Gasteiger partial charge in [-0.15, -0.1) is 0 Å². The first-order valence-electron chi connectivity index (χ1n) is 8.32. The Morgan fingerprint density at radius 1 is 1.16 bits per heavy atom. The molecule has 0 atom stereocenters. The molecule has 2 rings (SSSR count). The van der Waals surface area contributed by atoms with Gasteiger partial charge in [0, 0.05) is 40.9 Å². The van der Waals surface area contributed by atoms with Crippen LogP contribution in [-0.4, -0.2) is 57.2 Å².